The zero-order chi connectivity index (χ0) is 12.4. The summed E-state index contributed by atoms with van der Waals surface area (Å²) < 4.78 is 3.58. The number of thiophene rings is 1. The first-order valence-corrected chi connectivity index (χ1v) is 7.54. The molecule has 6 heteroatoms. The van der Waals surface area contributed by atoms with Gasteiger partial charge < -0.3 is 0 Å². The zero-order valence-electron chi connectivity index (χ0n) is 9.11. The Morgan fingerprint density at radius 3 is 2.88 bits per heavy atom. The molecule has 0 fully saturated rings. The second-order valence-electron chi connectivity index (χ2n) is 3.56. The third-order valence-corrected chi connectivity index (χ3v) is 4.59. The SMILES string of the molecule is CCCn1cc(C(=O)c2cc(Br)sc2Br)cn1. The van der Waals surface area contributed by atoms with E-state index >= 15 is 0 Å². The molecule has 0 aromatic carbocycles. The van der Waals surface area contributed by atoms with Crippen LogP contribution in [0.25, 0.3) is 0 Å². The number of aryl methyl sites for hydroxylation is 1. The van der Waals surface area contributed by atoms with Crippen LogP contribution in [-0.4, -0.2) is 15.6 Å². The molecule has 2 aromatic heterocycles. The van der Waals surface area contributed by atoms with E-state index in [4.69, 9.17) is 0 Å². The summed E-state index contributed by atoms with van der Waals surface area (Å²) in [5.41, 5.74) is 1.31. The number of aromatic nitrogens is 2. The van der Waals surface area contributed by atoms with E-state index in [0.717, 1.165) is 20.5 Å². The molecule has 0 aliphatic heterocycles. The fourth-order valence-electron chi connectivity index (χ4n) is 1.48. The summed E-state index contributed by atoms with van der Waals surface area (Å²) in [5.74, 6) is 0.00109. The molecule has 0 saturated carbocycles. The second kappa shape index (κ2) is 5.46. The van der Waals surface area contributed by atoms with Gasteiger partial charge in [-0.2, -0.15) is 5.10 Å². The molecule has 2 aromatic rings. The molecule has 0 bridgehead atoms. The van der Waals surface area contributed by atoms with Crippen molar-refractivity contribution < 1.29 is 4.79 Å². The molecule has 0 radical (unpaired) electrons. The van der Waals surface area contributed by atoms with Crippen LogP contribution < -0.4 is 0 Å². The molecule has 90 valence electrons. The first-order chi connectivity index (χ1) is 8.11. The Morgan fingerprint density at radius 1 is 1.53 bits per heavy atom. The lowest BCUT2D eigenvalue weighted by Crippen LogP contribution is -1.99. The molecule has 0 amide bonds. The lowest BCUT2D eigenvalue weighted by molar-refractivity contribution is 0.103. The third-order valence-electron chi connectivity index (χ3n) is 2.25. The van der Waals surface area contributed by atoms with Crippen molar-refractivity contribution in [2.24, 2.45) is 0 Å². The van der Waals surface area contributed by atoms with Crippen LogP contribution in [0.4, 0.5) is 0 Å². The number of carbonyl (C=O) groups is 1. The normalized spacial score (nSPS) is 10.8. The molecule has 2 heterocycles. The van der Waals surface area contributed by atoms with Crippen LogP contribution >= 0.6 is 43.2 Å². The number of hydrogen-bond acceptors (Lipinski definition) is 3. The summed E-state index contributed by atoms with van der Waals surface area (Å²) >= 11 is 8.26. The van der Waals surface area contributed by atoms with Crippen LogP contribution in [0, 0.1) is 0 Å². The Hall–Kier alpha value is -0.460. The minimum atomic E-state index is 0.00109. The Kier molecular flexibility index (Phi) is 4.17. The zero-order valence-corrected chi connectivity index (χ0v) is 13.1. The Balaban J connectivity index is 2.27. The van der Waals surface area contributed by atoms with E-state index in [1.165, 1.54) is 11.3 Å². The molecule has 17 heavy (non-hydrogen) atoms. The average Bonchev–Trinajstić information content (AvgIpc) is 2.85. The fourth-order valence-corrected chi connectivity index (χ4v) is 4.28. The summed E-state index contributed by atoms with van der Waals surface area (Å²) in [6.07, 6.45) is 4.42. The maximum atomic E-state index is 12.2. The van der Waals surface area contributed by atoms with Crippen LogP contribution in [0.1, 0.15) is 29.3 Å². The molecule has 0 saturated heterocycles. The Morgan fingerprint density at radius 2 is 2.29 bits per heavy atom. The van der Waals surface area contributed by atoms with E-state index in [1.54, 1.807) is 17.1 Å². The number of hydrogen-bond donors (Lipinski definition) is 0. The van der Waals surface area contributed by atoms with Crippen molar-refractivity contribution in [1.29, 1.82) is 0 Å². The smallest absolute Gasteiger partial charge is 0.198 e. The van der Waals surface area contributed by atoms with E-state index in [1.807, 2.05) is 6.07 Å². The molecule has 0 spiro atoms. The number of rotatable bonds is 4. The molecule has 3 nitrogen and oxygen atoms in total. The maximum absolute atomic E-state index is 12.2. The predicted octanol–water partition coefficient (Wildman–Crippen LogP) is 4.11. The summed E-state index contributed by atoms with van der Waals surface area (Å²) in [4.78, 5) is 12.2. The molecular weight excluding hydrogens is 368 g/mol. The van der Waals surface area contributed by atoms with Crippen molar-refractivity contribution in [3.63, 3.8) is 0 Å². The van der Waals surface area contributed by atoms with Crippen molar-refractivity contribution in [3.8, 4) is 0 Å². The molecule has 0 unspecified atom stereocenters. The van der Waals surface area contributed by atoms with Crippen molar-refractivity contribution in [3.05, 3.63) is 37.2 Å². The molecule has 2 rings (SSSR count). The van der Waals surface area contributed by atoms with Crippen molar-refractivity contribution in [2.75, 3.05) is 0 Å². The largest absolute Gasteiger partial charge is 0.288 e. The molecular formula is C11H10Br2N2OS. The van der Waals surface area contributed by atoms with Crippen LogP contribution in [0.15, 0.2) is 26.0 Å². The van der Waals surface area contributed by atoms with Crippen LogP contribution in [-0.2, 0) is 6.54 Å². The quantitative estimate of drug-likeness (QED) is 0.751. The molecule has 0 aliphatic carbocycles. The molecule has 0 aliphatic rings. The molecule has 0 atom stereocenters. The van der Waals surface area contributed by atoms with Gasteiger partial charge in [-0.05, 0) is 44.3 Å². The van der Waals surface area contributed by atoms with Gasteiger partial charge in [-0.25, -0.2) is 0 Å². The highest BCUT2D eigenvalue weighted by Gasteiger charge is 2.17. The van der Waals surface area contributed by atoms with Gasteiger partial charge in [-0.1, -0.05) is 6.92 Å². The van der Waals surface area contributed by atoms with Crippen LogP contribution in [0.3, 0.4) is 0 Å². The number of ketones is 1. The molecule has 0 N–H and O–H groups in total. The van der Waals surface area contributed by atoms with Gasteiger partial charge in [-0.3, -0.25) is 9.48 Å². The lowest BCUT2D eigenvalue weighted by Gasteiger charge is -1.96. The first kappa shape index (κ1) is 13.0. The van der Waals surface area contributed by atoms with E-state index in [2.05, 4.69) is 43.9 Å². The summed E-state index contributed by atoms with van der Waals surface area (Å²) in [6, 6.07) is 1.83. The Bertz CT molecular complexity index is 547. The number of halogens is 2. The standard InChI is InChI=1S/C11H10Br2N2OS/c1-2-3-15-6-7(5-14-15)10(16)8-4-9(12)17-11(8)13/h4-6H,2-3H2,1H3. The highest BCUT2D eigenvalue weighted by molar-refractivity contribution is 9.12. The summed E-state index contributed by atoms with van der Waals surface area (Å²) in [7, 11) is 0. The van der Waals surface area contributed by atoms with Gasteiger partial charge in [0.15, 0.2) is 5.78 Å². The minimum absolute atomic E-state index is 0.00109. The van der Waals surface area contributed by atoms with Gasteiger partial charge >= 0.3 is 0 Å². The number of nitrogens with zero attached hydrogens (tertiary/aromatic N) is 2. The predicted molar refractivity (Wildman–Crippen MR) is 75.7 cm³/mol. The van der Waals surface area contributed by atoms with Crippen molar-refractivity contribution >= 4 is 49.0 Å². The lowest BCUT2D eigenvalue weighted by atomic mass is 10.1. The average molecular weight is 378 g/mol. The van der Waals surface area contributed by atoms with Gasteiger partial charge in [0.1, 0.15) is 0 Å². The maximum Gasteiger partial charge on any atom is 0.198 e. The van der Waals surface area contributed by atoms with Crippen molar-refractivity contribution in [2.45, 2.75) is 19.9 Å². The van der Waals surface area contributed by atoms with E-state index < -0.39 is 0 Å². The summed E-state index contributed by atoms with van der Waals surface area (Å²) in [6.45, 7) is 2.91. The van der Waals surface area contributed by atoms with E-state index in [9.17, 15) is 4.79 Å². The number of carbonyl (C=O) groups excluding carboxylic acids is 1. The summed E-state index contributed by atoms with van der Waals surface area (Å²) in [5, 5.41) is 4.16. The Labute approximate surface area is 120 Å². The van der Waals surface area contributed by atoms with Crippen molar-refractivity contribution in [1.82, 2.24) is 9.78 Å². The third kappa shape index (κ3) is 2.86. The fraction of sp³-hybridized carbons (Fsp3) is 0.273. The van der Waals surface area contributed by atoms with E-state index in [-0.39, 0.29) is 5.78 Å². The van der Waals surface area contributed by atoms with Gasteiger partial charge in [0.25, 0.3) is 0 Å². The second-order valence-corrected chi connectivity index (χ2v) is 7.31. The van der Waals surface area contributed by atoms with Gasteiger partial charge in [-0.15, -0.1) is 11.3 Å². The topological polar surface area (TPSA) is 34.9 Å². The van der Waals surface area contributed by atoms with Crippen LogP contribution in [0.5, 0.6) is 0 Å². The van der Waals surface area contributed by atoms with E-state index in [0.29, 0.717) is 11.1 Å². The highest BCUT2D eigenvalue weighted by Crippen LogP contribution is 2.33. The van der Waals surface area contributed by atoms with Gasteiger partial charge in [0, 0.05) is 18.3 Å². The van der Waals surface area contributed by atoms with Gasteiger partial charge in [0.2, 0.25) is 0 Å². The monoisotopic (exact) mass is 376 g/mol. The highest BCUT2D eigenvalue weighted by atomic mass is 79.9. The van der Waals surface area contributed by atoms with Gasteiger partial charge in [0.05, 0.1) is 19.3 Å². The first-order valence-electron chi connectivity index (χ1n) is 5.13. The minimum Gasteiger partial charge on any atom is -0.288 e. The van der Waals surface area contributed by atoms with Crippen LogP contribution in [0.2, 0.25) is 0 Å².